The number of rotatable bonds is 2. The van der Waals surface area contributed by atoms with Gasteiger partial charge >= 0.3 is 0 Å². The standard InChI is InChI=1S/C19H25N3O2S/c1-13-9-14(2)12-22(11-13)18(23)15-3-4-16-17(10-15)25-19(20-16)21-5-7-24-8-6-21/h3-4,10,13-14H,5-9,11-12H2,1-2H3. The smallest absolute Gasteiger partial charge is 0.253 e. The molecule has 25 heavy (non-hydrogen) atoms. The number of hydrogen-bond donors (Lipinski definition) is 0. The largest absolute Gasteiger partial charge is 0.378 e. The summed E-state index contributed by atoms with van der Waals surface area (Å²) >= 11 is 1.67. The predicted molar refractivity (Wildman–Crippen MR) is 102 cm³/mol. The summed E-state index contributed by atoms with van der Waals surface area (Å²) in [6.07, 6.45) is 1.21. The maximum atomic E-state index is 12.9. The summed E-state index contributed by atoms with van der Waals surface area (Å²) in [4.78, 5) is 21.9. The summed E-state index contributed by atoms with van der Waals surface area (Å²) in [5, 5.41) is 1.03. The molecule has 2 fully saturated rings. The van der Waals surface area contributed by atoms with Crippen LogP contribution in [0.25, 0.3) is 10.2 Å². The number of aromatic nitrogens is 1. The molecular formula is C19H25N3O2S. The van der Waals surface area contributed by atoms with E-state index in [-0.39, 0.29) is 5.91 Å². The average Bonchev–Trinajstić information content (AvgIpc) is 3.04. The SMILES string of the molecule is CC1CC(C)CN(C(=O)c2ccc3nc(N4CCOCC4)sc3c2)C1. The fourth-order valence-corrected chi connectivity index (χ4v) is 5.00. The van der Waals surface area contributed by atoms with Crippen LogP contribution in [0.2, 0.25) is 0 Å². The molecule has 2 saturated heterocycles. The molecule has 2 atom stereocenters. The third-order valence-corrected chi connectivity index (χ3v) is 6.14. The number of piperidine rings is 1. The predicted octanol–water partition coefficient (Wildman–Crippen LogP) is 3.25. The van der Waals surface area contributed by atoms with E-state index in [1.807, 2.05) is 23.1 Å². The van der Waals surface area contributed by atoms with Crippen LogP contribution in [0.1, 0.15) is 30.6 Å². The van der Waals surface area contributed by atoms with Crippen LogP contribution < -0.4 is 4.90 Å². The van der Waals surface area contributed by atoms with Gasteiger partial charge in [-0.05, 0) is 36.5 Å². The van der Waals surface area contributed by atoms with Gasteiger partial charge in [-0.15, -0.1) is 0 Å². The molecule has 0 radical (unpaired) electrons. The number of anilines is 1. The maximum Gasteiger partial charge on any atom is 0.253 e. The number of carbonyl (C=O) groups excluding carboxylic acids is 1. The Morgan fingerprint density at radius 2 is 1.92 bits per heavy atom. The van der Waals surface area contributed by atoms with Gasteiger partial charge in [-0.25, -0.2) is 4.98 Å². The Labute approximate surface area is 152 Å². The lowest BCUT2D eigenvalue weighted by Crippen LogP contribution is -2.42. The Hall–Kier alpha value is -1.66. The Morgan fingerprint density at radius 1 is 1.20 bits per heavy atom. The zero-order valence-corrected chi connectivity index (χ0v) is 15.7. The van der Waals surface area contributed by atoms with Crippen LogP contribution in [0.4, 0.5) is 5.13 Å². The van der Waals surface area contributed by atoms with Crippen molar-refractivity contribution in [3.8, 4) is 0 Å². The second kappa shape index (κ2) is 6.92. The van der Waals surface area contributed by atoms with Crippen LogP contribution >= 0.6 is 11.3 Å². The Bertz CT molecular complexity index is 759. The van der Waals surface area contributed by atoms with E-state index < -0.39 is 0 Å². The van der Waals surface area contributed by atoms with Crippen LogP contribution in [0.3, 0.4) is 0 Å². The van der Waals surface area contributed by atoms with E-state index >= 15 is 0 Å². The van der Waals surface area contributed by atoms with E-state index in [9.17, 15) is 4.79 Å². The van der Waals surface area contributed by atoms with Crippen molar-refractivity contribution in [2.75, 3.05) is 44.3 Å². The van der Waals surface area contributed by atoms with Crippen molar-refractivity contribution in [2.24, 2.45) is 11.8 Å². The molecule has 0 saturated carbocycles. The third kappa shape index (κ3) is 3.51. The normalized spacial score (nSPS) is 24.7. The van der Waals surface area contributed by atoms with Gasteiger partial charge in [-0.1, -0.05) is 25.2 Å². The topological polar surface area (TPSA) is 45.7 Å². The zero-order valence-electron chi connectivity index (χ0n) is 14.9. The van der Waals surface area contributed by atoms with E-state index in [1.54, 1.807) is 11.3 Å². The lowest BCUT2D eigenvalue weighted by atomic mass is 9.91. The highest BCUT2D eigenvalue weighted by atomic mass is 32.1. The highest BCUT2D eigenvalue weighted by Gasteiger charge is 2.26. The number of fused-ring (bicyclic) bond motifs is 1. The van der Waals surface area contributed by atoms with E-state index in [0.29, 0.717) is 11.8 Å². The summed E-state index contributed by atoms with van der Waals surface area (Å²) in [5.74, 6) is 1.31. The lowest BCUT2D eigenvalue weighted by molar-refractivity contribution is 0.0623. The van der Waals surface area contributed by atoms with E-state index in [0.717, 1.165) is 60.3 Å². The van der Waals surface area contributed by atoms with Crippen LogP contribution in [-0.2, 0) is 4.74 Å². The molecule has 0 bridgehead atoms. The number of morpholine rings is 1. The molecule has 6 heteroatoms. The molecule has 0 aliphatic carbocycles. The fraction of sp³-hybridized carbons (Fsp3) is 0.579. The minimum absolute atomic E-state index is 0.154. The average molecular weight is 359 g/mol. The van der Waals surface area contributed by atoms with Gasteiger partial charge < -0.3 is 14.5 Å². The van der Waals surface area contributed by atoms with E-state index in [1.165, 1.54) is 6.42 Å². The van der Waals surface area contributed by atoms with Crippen LogP contribution in [0.5, 0.6) is 0 Å². The summed E-state index contributed by atoms with van der Waals surface area (Å²) in [6, 6.07) is 5.93. The first kappa shape index (κ1) is 16.8. The number of nitrogens with zero attached hydrogens (tertiary/aromatic N) is 3. The van der Waals surface area contributed by atoms with Gasteiger partial charge in [-0.3, -0.25) is 4.79 Å². The van der Waals surface area contributed by atoms with Crippen LogP contribution in [0.15, 0.2) is 18.2 Å². The molecule has 2 aliphatic rings. The number of ether oxygens (including phenoxy) is 1. The Balaban J connectivity index is 1.57. The third-order valence-electron chi connectivity index (χ3n) is 5.06. The molecule has 0 N–H and O–H groups in total. The molecular weight excluding hydrogens is 334 g/mol. The molecule has 3 heterocycles. The molecule has 134 valence electrons. The molecule has 1 aromatic heterocycles. The number of benzene rings is 1. The summed E-state index contributed by atoms with van der Waals surface area (Å²) in [7, 11) is 0. The Morgan fingerprint density at radius 3 is 2.64 bits per heavy atom. The molecule has 0 spiro atoms. The monoisotopic (exact) mass is 359 g/mol. The lowest BCUT2D eigenvalue weighted by Gasteiger charge is -2.35. The van der Waals surface area contributed by atoms with Crippen molar-refractivity contribution < 1.29 is 9.53 Å². The van der Waals surface area contributed by atoms with Gasteiger partial charge in [0.2, 0.25) is 0 Å². The van der Waals surface area contributed by atoms with Crippen molar-refractivity contribution in [3.63, 3.8) is 0 Å². The quantitative estimate of drug-likeness (QED) is 0.826. The molecule has 4 rings (SSSR count). The van der Waals surface area contributed by atoms with Crippen molar-refractivity contribution in [2.45, 2.75) is 20.3 Å². The number of thiazole rings is 1. The number of likely N-dealkylation sites (tertiary alicyclic amines) is 1. The van der Waals surface area contributed by atoms with Crippen LogP contribution in [0, 0.1) is 11.8 Å². The van der Waals surface area contributed by atoms with Gasteiger partial charge in [0.1, 0.15) is 0 Å². The maximum absolute atomic E-state index is 12.9. The second-order valence-corrected chi connectivity index (χ2v) is 8.44. The van der Waals surface area contributed by atoms with Gasteiger partial charge in [0.05, 0.1) is 23.4 Å². The van der Waals surface area contributed by atoms with Gasteiger partial charge in [0.15, 0.2) is 5.13 Å². The number of amides is 1. The fourth-order valence-electron chi connectivity index (χ4n) is 3.95. The van der Waals surface area contributed by atoms with Crippen molar-refractivity contribution >= 4 is 32.6 Å². The summed E-state index contributed by atoms with van der Waals surface area (Å²) < 4.78 is 6.50. The van der Waals surface area contributed by atoms with Crippen LogP contribution in [-0.4, -0.2) is 55.2 Å². The zero-order chi connectivity index (χ0) is 17.4. The highest BCUT2D eigenvalue weighted by molar-refractivity contribution is 7.22. The second-order valence-electron chi connectivity index (χ2n) is 7.43. The van der Waals surface area contributed by atoms with Crippen molar-refractivity contribution in [3.05, 3.63) is 23.8 Å². The first-order chi connectivity index (χ1) is 12.1. The van der Waals surface area contributed by atoms with Gasteiger partial charge in [-0.2, -0.15) is 0 Å². The first-order valence-electron chi connectivity index (χ1n) is 9.12. The van der Waals surface area contributed by atoms with Crippen molar-refractivity contribution in [1.82, 2.24) is 9.88 Å². The molecule has 1 amide bonds. The molecule has 1 aromatic carbocycles. The minimum atomic E-state index is 0.154. The molecule has 2 aromatic rings. The number of hydrogen-bond acceptors (Lipinski definition) is 5. The first-order valence-corrected chi connectivity index (χ1v) is 9.94. The summed E-state index contributed by atoms with van der Waals surface area (Å²) in [5.41, 5.74) is 1.76. The van der Waals surface area contributed by atoms with E-state index in [2.05, 4.69) is 18.7 Å². The highest BCUT2D eigenvalue weighted by Crippen LogP contribution is 2.31. The van der Waals surface area contributed by atoms with Gasteiger partial charge in [0.25, 0.3) is 5.91 Å². The molecule has 5 nitrogen and oxygen atoms in total. The molecule has 2 aliphatic heterocycles. The Kier molecular flexibility index (Phi) is 4.65. The summed E-state index contributed by atoms with van der Waals surface area (Å²) in [6.45, 7) is 9.47. The molecule has 2 unspecified atom stereocenters. The number of carbonyl (C=O) groups is 1. The van der Waals surface area contributed by atoms with Gasteiger partial charge in [0, 0.05) is 31.7 Å². The van der Waals surface area contributed by atoms with E-state index in [4.69, 9.17) is 9.72 Å². The van der Waals surface area contributed by atoms with Crippen molar-refractivity contribution in [1.29, 1.82) is 0 Å². The minimum Gasteiger partial charge on any atom is -0.378 e.